The number of ether oxygens (including phenoxy) is 1. The molecule has 2 aromatic rings. The van der Waals surface area contributed by atoms with Crippen molar-refractivity contribution in [2.24, 2.45) is 23.7 Å². The average molecular weight is 436 g/mol. The van der Waals surface area contributed by atoms with Crippen molar-refractivity contribution in [3.63, 3.8) is 0 Å². The molecule has 1 aliphatic heterocycles. The molecule has 0 spiro atoms. The molecule has 2 aromatic heterocycles. The van der Waals surface area contributed by atoms with E-state index in [1.165, 1.54) is 32.1 Å². The molecular formula is C25H33N5O2. The van der Waals surface area contributed by atoms with Crippen LogP contribution in [0.25, 0.3) is 11.3 Å². The highest BCUT2D eigenvalue weighted by Gasteiger charge is 2.45. The lowest BCUT2D eigenvalue weighted by Crippen LogP contribution is -2.38. The fourth-order valence-electron chi connectivity index (χ4n) is 5.75. The maximum atomic E-state index is 12.9. The number of carbonyl (C=O) groups excluding carboxylic acids is 1. The fourth-order valence-corrected chi connectivity index (χ4v) is 5.75. The molecule has 0 unspecified atom stereocenters. The van der Waals surface area contributed by atoms with Crippen LogP contribution in [0.2, 0.25) is 0 Å². The van der Waals surface area contributed by atoms with E-state index < -0.39 is 0 Å². The lowest BCUT2D eigenvalue weighted by Gasteiger charge is -2.37. The van der Waals surface area contributed by atoms with E-state index >= 15 is 0 Å². The highest BCUT2D eigenvalue weighted by Crippen LogP contribution is 2.44. The molecule has 1 amide bonds. The van der Waals surface area contributed by atoms with Crippen LogP contribution in [0.15, 0.2) is 30.7 Å². The van der Waals surface area contributed by atoms with Gasteiger partial charge in [-0.25, -0.2) is 4.68 Å². The van der Waals surface area contributed by atoms with Crippen LogP contribution in [0.3, 0.4) is 0 Å². The van der Waals surface area contributed by atoms with Crippen LogP contribution in [-0.2, 0) is 9.53 Å². The Kier molecular flexibility index (Phi) is 5.45. The van der Waals surface area contributed by atoms with Crippen LogP contribution in [0.5, 0.6) is 0 Å². The lowest BCUT2D eigenvalue weighted by atomic mass is 9.77. The molecule has 6 rings (SSSR count). The van der Waals surface area contributed by atoms with Crippen molar-refractivity contribution in [3.05, 3.63) is 30.7 Å². The number of pyridine rings is 1. The maximum absolute atomic E-state index is 12.9. The van der Waals surface area contributed by atoms with Gasteiger partial charge < -0.3 is 9.64 Å². The first-order valence-corrected chi connectivity index (χ1v) is 12.4. The summed E-state index contributed by atoms with van der Waals surface area (Å²) in [5.41, 5.74) is 1.83. The molecule has 0 radical (unpaired) electrons. The Morgan fingerprint density at radius 3 is 2.66 bits per heavy atom. The van der Waals surface area contributed by atoms with Gasteiger partial charge in [-0.1, -0.05) is 11.6 Å². The number of aromatic nitrogens is 4. The maximum Gasteiger partial charge on any atom is 0.222 e. The molecule has 0 bridgehead atoms. The summed E-state index contributed by atoms with van der Waals surface area (Å²) >= 11 is 0. The lowest BCUT2D eigenvalue weighted by molar-refractivity contribution is -0.132. The first-order valence-electron chi connectivity index (χ1n) is 12.4. The van der Waals surface area contributed by atoms with Gasteiger partial charge in [0.15, 0.2) is 0 Å². The highest BCUT2D eigenvalue weighted by molar-refractivity contribution is 5.77. The van der Waals surface area contributed by atoms with Gasteiger partial charge >= 0.3 is 0 Å². The predicted octanol–water partition coefficient (Wildman–Crippen LogP) is 3.74. The zero-order chi connectivity index (χ0) is 21.5. The second kappa shape index (κ2) is 8.58. The summed E-state index contributed by atoms with van der Waals surface area (Å²) in [6.45, 7) is 2.66. The number of hydrogen-bond acceptors (Lipinski definition) is 5. The van der Waals surface area contributed by atoms with Gasteiger partial charge in [0.1, 0.15) is 5.69 Å². The monoisotopic (exact) mass is 435 g/mol. The standard InChI is InChI=1S/C25H33N5O2/c31-25(9-17-3-1-4-17)29-13-20-10-23(24(11-21(20)14-29)32-16-18-6-7-18)30-15-22(27-28-30)19-5-2-8-26-12-19/h2,5,8,12,15,17-18,20-21,23-24H,1,3-4,6-7,9-11,13-14,16H2/t20-,21+,23-,24-/m1/s1. The average Bonchev–Trinajstić information content (AvgIpc) is 3.32. The summed E-state index contributed by atoms with van der Waals surface area (Å²) in [5.74, 6) is 2.81. The van der Waals surface area contributed by atoms with E-state index in [1.54, 1.807) is 6.20 Å². The minimum absolute atomic E-state index is 0.141. The molecule has 32 heavy (non-hydrogen) atoms. The number of carbonyl (C=O) groups is 1. The minimum atomic E-state index is 0.141. The van der Waals surface area contributed by atoms with Crippen molar-refractivity contribution in [2.75, 3.05) is 19.7 Å². The zero-order valence-corrected chi connectivity index (χ0v) is 18.7. The van der Waals surface area contributed by atoms with E-state index in [-0.39, 0.29) is 12.1 Å². The van der Waals surface area contributed by atoms with Gasteiger partial charge in [-0.15, -0.1) is 5.10 Å². The molecule has 3 aliphatic carbocycles. The largest absolute Gasteiger partial charge is 0.376 e. The fraction of sp³-hybridized carbons (Fsp3) is 0.680. The SMILES string of the molecule is O=C(CC1CCC1)N1C[C@H]2C[C@@H](n3cc(-c4cccnc4)nn3)[C@H](OCC3CC3)C[C@H]2C1. The molecule has 7 heteroatoms. The van der Waals surface area contributed by atoms with E-state index in [1.807, 2.05) is 29.2 Å². The molecule has 1 saturated heterocycles. The summed E-state index contributed by atoms with van der Waals surface area (Å²) in [5, 5.41) is 8.95. The molecule has 3 saturated carbocycles. The van der Waals surface area contributed by atoms with Crippen LogP contribution >= 0.6 is 0 Å². The number of rotatable bonds is 7. The van der Waals surface area contributed by atoms with Gasteiger partial charge in [0, 0.05) is 44.1 Å². The van der Waals surface area contributed by atoms with Gasteiger partial charge in [0.05, 0.1) is 18.3 Å². The molecule has 3 heterocycles. The van der Waals surface area contributed by atoms with E-state index in [2.05, 4.69) is 20.2 Å². The number of likely N-dealkylation sites (tertiary alicyclic amines) is 1. The third-order valence-electron chi connectivity index (χ3n) is 8.18. The van der Waals surface area contributed by atoms with Gasteiger partial charge in [0.2, 0.25) is 5.91 Å². The van der Waals surface area contributed by atoms with Gasteiger partial charge in [0.25, 0.3) is 0 Å². The Morgan fingerprint density at radius 1 is 1.09 bits per heavy atom. The van der Waals surface area contributed by atoms with E-state index in [9.17, 15) is 4.79 Å². The first kappa shape index (κ1) is 20.3. The van der Waals surface area contributed by atoms with Crippen molar-refractivity contribution in [1.82, 2.24) is 24.9 Å². The zero-order valence-electron chi connectivity index (χ0n) is 18.7. The molecule has 7 nitrogen and oxygen atoms in total. The second-order valence-corrected chi connectivity index (χ2v) is 10.5. The number of hydrogen-bond donors (Lipinski definition) is 0. The van der Waals surface area contributed by atoms with Crippen molar-refractivity contribution in [2.45, 2.75) is 63.5 Å². The quantitative estimate of drug-likeness (QED) is 0.663. The topological polar surface area (TPSA) is 73.1 Å². The normalized spacial score (nSPS) is 30.2. The molecule has 0 N–H and O–H groups in total. The van der Waals surface area contributed by atoms with E-state index in [0.717, 1.165) is 56.1 Å². The number of nitrogens with zero attached hydrogens (tertiary/aromatic N) is 5. The summed E-state index contributed by atoms with van der Waals surface area (Å²) in [7, 11) is 0. The van der Waals surface area contributed by atoms with Crippen LogP contribution in [0.1, 0.15) is 57.4 Å². The second-order valence-electron chi connectivity index (χ2n) is 10.5. The van der Waals surface area contributed by atoms with Crippen molar-refractivity contribution in [1.29, 1.82) is 0 Å². The van der Waals surface area contributed by atoms with Gasteiger partial charge in [-0.05, 0) is 74.3 Å². The number of fused-ring (bicyclic) bond motifs is 1. The van der Waals surface area contributed by atoms with Crippen LogP contribution in [-0.4, -0.2) is 56.6 Å². The van der Waals surface area contributed by atoms with Crippen molar-refractivity contribution < 1.29 is 9.53 Å². The molecule has 4 atom stereocenters. The highest BCUT2D eigenvalue weighted by atomic mass is 16.5. The van der Waals surface area contributed by atoms with Gasteiger partial charge in [-0.3, -0.25) is 9.78 Å². The smallest absolute Gasteiger partial charge is 0.222 e. The number of amides is 1. The van der Waals surface area contributed by atoms with E-state index in [4.69, 9.17) is 4.74 Å². The molecule has 170 valence electrons. The van der Waals surface area contributed by atoms with Crippen molar-refractivity contribution in [3.8, 4) is 11.3 Å². The Balaban J connectivity index is 1.18. The molecular weight excluding hydrogens is 402 g/mol. The first-order chi connectivity index (χ1) is 15.7. The minimum Gasteiger partial charge on any atom is -0.376 e. The summed E-state index contributed by atoms with van der Waals surface area (Å²) in [4.78, 5) is 19.2. The third-order valence-corrected chi connectivity index (χ3v) is 8.18. The molecule has 4 fully saturated rings. The predicted molar refractivity (Wildman–Crippen MR) is 120 cm³/mol. The van der Waals surface area contributed by atoms with Crippen LogP contribution in [0.4, 0.5) is 0 Å². The summed E-state index contributed by atoms with van der Waals surface area (Å²) in [6, 6.07) is 4.12. The van der Waals surface area contributed by atoms with Crippen LogP contribution in [0, 0.1) is 23.7 Å². The Bertz CT molecular complexity index is 939. The van der Waals surface area contributed by atoms with Crippen molar-refractivity contribution >= 4 is 5.91 Å². The molecule has 0 aromatic carbocycles. The Labute approximate surface area is 189 Å². The van der Waals surface area contributed by atoms with Gasteiger partial charge in [-0.2, -0.15) is 0 Å². The Morgan fingerprint density at radius 2 is 1.94 bits per heavy atom. The third kappa shape index (κ3) is 4.19. The van der Waals surface area contributed by atoms with Crippen LogP contribution < -0.4 is 0 Å². The summed E-state index contributed by atoms with van der Waals surface area (Å²) < 4.78 is 8.50. The summed E-state index contributed by atoms with van der Waals surface area (Å²) in [6.07, 6.45) is 14.9. The Hall–Kier alpha value is -2.28. The van der Waals surface area contributed by atoms with E-state index in [0.29, 0.717) is 23.7 Å². The molecule has 4 aliphatic rings.